The van der Waals surface area contributed by atoms with Crippen LogP contribution < -0.4 is 5.32 Å². The van der Waals surface area contributed by atoms with Crippen LogP contribution in [0.5, 0.6) is 0 Å². The molecular formula is C14H35N3O3. The average molecular weight is 293 g/mol. The minimum absolute atomic E-state index is 0.00667. The van der Waals surface area contributed by atoms with E-state index >= 15 is 0 Å². The number of hydrogen-bond acceptors (Lipinski definition) is 6. The highest BCUT2D eigenvalue weighted by Crippen LogP contribution is 1.90. The quantitative estimate of drug-likeness (QED) is 0.470. The number of aliphatic hydroxyl groups is 2. The summed E-state index contributed by atoms with van der Waals surface area (Å²) in [6, 6.07) is 0. The monoisotopic (exact) mass is 293 g/mol. The van der Waals surface area contributed by atoms with Gasteiger partial charge in [-0.2, -0.15) is 0 Å². The van der Waals surface area contributed by atoms with Crippen molar-refractivity contribution in [3.8, 4) is 0 Å². The lowest BCUT2D eigenvalue weighted by molar-refractivity contribution is -0.0177. The first kappa shape index (κ1) is 22.0. The molecule has 0 aliphatic carbocycles. The predicted octanol–water partition coefficient (Wildman–Crippen LogP) is -0.536. The highest BCUT2D eigenvalue weighted by molar-refractivity contribution is 4.52. The molecule has 2 atom stereocenters. The van der Waals surface area contributed by atoms with Crippen LogP contribution in [0.2, 0.25) is 0 Å². The Labute approximate surface area is 124 Å². The molecule has 0 amide bonds. The largest absolute Gasteiger partial charge is 0.394 e. The Morgan fingerprint density at radius 1 is 1.00 bits per heavy atom. The molecule has 0 aromatic rings. The Morgan fingerprint density at radius 2 is 1.45 bits per heavy atom. The van der Waals surface area contributed by atoms with Crippen molar-refractivity contribution in [2.45, 2.75) is 26.1 Å². The van der Waals surface area contributed by atoms with Gasteiger partial charge in [0.15, 0.2) is 0 Å². The zero-order chi connectivity index (χ0) is 16.0. The summed E-state index contributed by atoms with van der Waals surface area (Å²) in [7, 11) is 8.36. The van der Waals surface area contributed by atoms with E-state index in [1.807, 2.05) is 0 Å². The first-order valence-corrected chi connectivity index (χ1v) is 7.20. The minimum atomic E-state index is -0.445. The maximum Gasteiger partial charge on any atom is 0.0779 e. The van der Waals surface area contributed by atoms with Crippen LogP contribution in [0.25, 0.3) is 0 Å². The lowest BCUT2D eigenvalue weighted by atomic mass is 10.4. The highest BCUT2D eigenvalue weighted by atomic mass is 16.5. The minimum Gasteiger partial charge on any atom is -0.394 e. The SMILES string of the molecule is CC(O)COC(C)CO.CN(C)CCNCCN(C)C. The van der Waals surface area contributed by atoms with Crippen molar-refractivity contribution in [3.05, 3.63) is 0 Å². The van der Waals surface area contributed by atoms with Gasteiger partial charge in [0.1, 0.15) is 0 Å². The van der Waals surface area contributed by atoms with Crippen molar-refractivity contribution in [3.63, 3.8) is 0 Å². The number of rotatable bonds is 10. The zero-order valence-corrected chi connectivity index (χ0v) is 14.1. The van der Waals surface area contributed by atoms with Gasteiger partial charge in [-0.3, -0.25) is 0 Å². The Morgan fingerprint density at radius 3 is 1.75 bits per heavy atom. The lowest BCUT2D eigenvalue weighted by Gasteiger charge is -2.12. The van der Waals surface area contributed by atoms with Crippen molar-refractivity contribution in [2.75, 3.05) is 67.6 Å². The van der Waals surface area contributed by atoms with Crippen LogP contribution in [-0.2, 0) is 4.74 Å². The van der Waals surface area contributed by atoms with E-state index in [0.29, 0.717) is 6.61 Å². The molecular weight excluding hydrogens is 258 g/mol. The van der Waals surface area contributed by atoms with Crippen LogP contribution in [0.3, 0.4) is 0 Å². The fourth-order valence-electron chi connectivity index (χ4n) is 1.09. The summed E-state index contributed by atoms with van der Waals surface area (Å²) < 4.78 is 4.95. The summed E-state index contributed by atoms with van der Waals surface area (Å²) in [5.74, 6) is 0. The maximum atomic E-state index is 8.69. The molecule has 0 rings (SSSR count). The van der Waals surface area contributed by atoms with Gasteiger partial charge in [0.25, 0.3) is 0 Å². The van der Waals surface area contributed by atoms with Gasteiger partial charge in [-0.15, -0.1) is 0 Å². The number of likely N-dealkylation sites (N-methyl/N-ethyl adjacent to an activating group) is 2. The summed E-state index contributed by atoms with van der Waals surface area (Å²) >= 11 is 0. The van der Waals surface area contributed by atoms with Gasteiger partial charge in [-0.1, -0.05) is 0 Å². The normalized spacial score (nSPS) is 14.1. The van der Waals surface area contributed by atoms with E-state index < -0.39 is 6.10 Å². The van der Waals surface area contributed by atoms with Crippen molar-refractivity contribution in [2.24, 2.45) is 0 Å². The van der Waals surface area contributed by atoms with Crippen LogP contribution in [0.1, 0.15) is 13.8 Å². The van der Waals surface area contributed by atoms with Gasteiger partial charge in [0, 0.05) is 26.2 Å². The number of nitrogens with one attached hydrogen (secondary N) is 1. The van der Waals surface area contributed by atoms with Crippen LogP contribution in [0, 0.1) is 0 Å². The third-order valence-electron chi connectivity index (χ3n) is 2.35. The van der Waals surface area contributed by atoms with Gasteiger partial charge >= 0.3 is 0 Å². The summed E-state index contributed by atoms with van der Waals surface area (Å²) in [6.45, 7) is 8.10. The Bertz CT molecular complexity index is 181. The second-order valence-electron chi connectivity index (χ2n) is 5.53. The van der Waals surface area contributed by atoms with Crippen molar-refractivity contribution in [1.29, 1.82) is 0 Å². The van der Waals surface area contributed by atoms with Gasteiger partial charge in [-0.05, 0) is 42.0 Å². The Hall–Kier alpha value is -0.240. The summed E-state index contributed by atoms with van der Waals surface area (Å²) in [4.78, 5) is 4.37. The molecule has 0 radical (unpaired) electrons. The molecule has 0 spiro atoms. The van der Waals surface area contributed by atoms with Crippen LogP contribution in [-0.4, -0.2) is 99.8 Å². The van der Waals surface area contributed by atoms with Crippen LogP contribution >= 0.6 is 0 Å². The molecule has 0 bridgehead atoms. The Kier molecular flexibility index (Phi) is 16.7. The van der Waals surface area contributed by atoms with Gasteiger partial charge in [0.05, 0.1) is 25.4 Å². The van der Waals surface area contributed by atoms with Crippen LogP contribution in [0.15, 0.2) is 0 Å². The summed E-state index contributed by atoms with van der Waals surface area (Å²) in [5, 5.41) is 20.5. The molecule has 0 saturated heterocycles. The molecule has 124 valence electrons. The molecule has 0 aliphatic heterocycles. The summed E-state index contributed by atoms with van der Waals surface area (Å²) in [5.41, 5.74) is 0. The highest BCUT2D eigenvalue weighted by Gasteiger charge is 2.00. The number of aliphatic hydroxyl groups excluding tert-OH is 2. The van der Waals surface area contributed by atoms with E-state index in [2.05, 4.69) is 43.3 Å². The van der Waals surface area contributed by atoms with E-state index in [9.17, 15) is 0 Å². The average Bonchev–Trinajstić information content (AvgIpc) is 2.35. The van der Waals surface area contributed by atoms with Crippen molar-refractivity contribution in [1.82, 2.24) is 15.1 Å². The summed E-state index contributed by atoms with van der Waals surface area (Å²) in [6.07, 6.45) is -0.612. The van der Waals surface area contributed by atoms with E-state index in [0.717, 1.165) is 26.2 Å². The van der Waals surface area contributed by atoms with E-state index in [4.69, 9.17) is 14.9 Å². The van der Waals surface area contributed by atoms with Crippen molar-refractivity contribution < 1.29 is 14.9 Å². The van der Waals surface area contributed by atoms with E-state index in [1.54, 1.807) is 13.8 Å². The third-order valence-corrected chi connectivity index (χ3v) is 2.35. The molecule has 0 aromatic heterocycles. The number of hydrogen-bond donors (Lipinski definition) is 3. The molecule has 20 heavy (non-hydrogen) atoms. The molecule has 0 fully saturated rings. The standard InChI is InChI=1S/C8H21N3.C6H14O3/c1-10(2)7-5-9-6-8-11(3)4;1-5(8)4-9-6(2)3-7/h9H,5-8H2,1-4H3;5-8H,3-4H2,1-2H3. The van der Waals surface area contributed by atoms with Gasteiger partial charge in [0.2, 0.25) is 0 Å². The molecule has 0 heterocycles. The van der Waals surface area contributed by atoms with Crippen molar-refractivity contribution >= 4 is 0 Å². The molecule has 0 aliphatic rings. The smallest absolute Gasteiger partial charge is 0.0779 e. The van der Waals surface area contributed by atoms with E-state index in [1.165, 1.54) is 0 Å². The van der Waals surface area contributed by atoms with E-state index in [-0.39, 0.29) is 12.7 Å². The van der Waals surface area contributed by atoms with Crippen LogP contribution in [0.4, 0.5) is 0 Å². The second kappa shape index (κ2) is 15.2. The second-order valence-corrected chi connectivity index (χ2v) is 5.53. The third kappa shape index (κ3) is 22.9. The first-order valence-electron chi connectivity index (χ1n) is 7.20. The molecule has 3 N–H and O–H groups in total. The lowest BCUT2D eigenvalue weighted by Crippen LogP contribution is -2.31. The topological polar surface area (TPSA) is 68.2 Å². The Balaban J connectivity index is 0. The zero-order valence-electron chi connectivity index (χ0n) is 14.1. The van der Waals surface area contributed by atoms with Gasteiger partial charge in [-0.25, -0.2) is 0 Å². The van der Waals surface area contributed by atoms with Gasteiger partial charge < -0.3 is 30.1 Å². The molecule has 6 heteroatoms. The first-order chi connectivity index (χ1) is 9.29. The molecule has 0 saturated carbocycles. The molecule has 2 unspecified atom stereocenters. The maximum absolute atomic E-state index is 8.69. The molecule has 0 aromatic carbocycles. The number of nitrogens with zero attached hydrogens (tertiary/aromatic N) is 2. The fraction of sp³-hybridized carbons (Fsp3) is 1.00. The number of ether oxygens (including phenoxy) is 1. The predicted molar refractivity (Wildman–Crippen MR) is 84.2 cm³/mol. The fourth-order valence-corrected chi connectivity index (χ4v) is 1.09. The molecule has 6 nitrogen and oxygen atoms in total.